The predicted molar refractivity (Wildman–Crippen MR) is 84.4 cm³/mol. The largest absolute Gasteiger partial charge is 0.390 e. The first-order chi connectivity index (χ1) is 10.00. The fourth-order valence-electron chi connectivity index (χ4n) is 2.82. The van der Waals surface area contributed by atoms with Gasteiger partial charge in [-0.25, -0.2) is 0 Å². The summed E-state index contributed by atoms with van der Waals surface area (Å²) in [4.78, 5) is 13.7. The Morgan fingerprint density at radius 3 is 2.76 bits per heavy atom. The summed E-state index contributed by atoms with van der Waals surface area (Å²) in [6, 6.07) is 11.5. The van der Waals surface area contributed by atoms with Crippen molar-refractivity contribution in [2.24, 2.45) is 0 Å². The molecular formula is C17H19NO2S. The van der Waals surface area contributed by atoms with Crippen LogP contribution in [-0.2, 0) is 16.6 Å². The maximum absolute atomic E-state index is 12.7. The highest BCUT2D eigenvalue weighted by molar-refractivity contribution is 7.10. The third-order valence-electron chi connectivity index (χ3n) is 4.20. The van der Waals surface area contributed by atoms with Gasteiger partial charge in [0.25, 0.3) is 0 Å². The van der Waals surface area contributed by atoms with Crippen LogP contribution >= 0.6 is 11.3 Å². The molecule has 0 aliphatic heterocycles. The van der Waals surface area contributed by atoms with Crippen molar-refractivity contribution in [3.8, 4) is 0 Å². The summed E-state index contributed by atoms with van der Waals surface area (Å²) in [7, 11) is 0. The van der Waals surface area contributed by atoms with Gasteiger partial charge in [-0.05, 0) is 36.4 Å². The number of nitrogens with one attached hydrogen (secondary N) is 1. The number of aliphatic hydroxyl groups is 1. The topological polar surface area (TPSA) is 49.3 Å². The molecule has 0 fully saturated rings. The van der Waals surface area contributed by atoms with Crippen molar-refractivity contribution in [3.63, 3.8) is 0 Å². The van der Waals surface area contributed by atoms with E-state index in [4.69, 9.17) is 0 Å². The Morgan fingerprint density at radius 2 is 2.05 bits per heavy atom. The van der Waals surface area contributed by atoms with Crippen molar-refractivity contribution < 1.29 is 9.90 Å². The van der Waals surface area contributed by atoms with Gasteiger partial charge in [0, 0.05) is 11.3 Å². The Kier molecular flexibility index (Phi) is 3.59. The molecule has 0 saturated heterocycles. The first kappa shape index (κ1) is 14.3. The predicted octanol–water partition coefficient (Wildman–Crippen LogP) is 2.80. The average molecular weight is 301 g/mol. The molecule has 110 valence electrons. The van der Waals surface area contributed by atoms with E-state index in [9.17, 15) is 9.90 Å². The molecule has 0 saturated carbocycles. The van der Waals surface area contributed by atoms with Gasteiger partial charge in [-0.2, -0.15) is 0 Å². The molecule has 1 aliphatic carbocycles. The van der Waals surface area contributed by atoms with E-state index in [1.54, 1.807) is 11.3 Å². The van der Waals surface area contributed by atoms with Crippen LogP contribution in [0, 0.1) is 0 Å². The molecule has 1 amide bonds. The molecule has 2 aromatic rings. The van der Waals surface area contributed by atoms with E-state index in [0.29, 0.717) is 6.42 Å². The fourth-order valence-corrected chi connectivity index (χ4v) is 3.66. The molecule has 2 N–H and O–H groups in total. The second-order valence-corrected chi connectivity index (χ2v) is 6.97. The van der Waals surface area contributed by atoms with E-state index in [1.165, 1.54) is 0 Å². The van der Waals surface area contributed by atoms with Gasteiger partial charge in [-0.1, -0.05) is 30.3 Å². The second-order valence-electron chi connectivity index (χ2n) is 6.02. The summed E-state index contributed by atoms with van der Waals surface area (Å²) in [5, 5.41) is 15.3. The number of carbonyl (C=O) groups excluding carboxylic acids is 1. The number of aliphatic hydroxyl groups excluding tert-OH is 1. The lowest BCUT2D eigenvalue weighted by Crippen LogP contribution is -2.43. The highest BCUT2D eigenvalue weighted by Crippen LogP contribution is 2.33. The van der Waals surface area contributed by atoms with E-state index in [-0.39, 0.29) is 11.9 Å². The van der Waals surface area contributed by atoms with Gasteiger partial charge in [-0.15, -0.1) is 11.3 Å². The van der Waals surface area contributed by atoms with Gasteiger partial charge >= 0.3 is 0 Å². The number of amides is 1. The second kappa shape index (κ2) is 5.28. The molecule has 1 aliphatic rings. The minimum atomic E-state index is -0.592. The Hall–Kier alpha value is -1.65. The van der Waals surface area contributed by atoms with Crippen LogP contribution in [-0.4, -0.2) is 17.1 Å². The van der Waals surface area contributed by atoms with Crippen LogP contribution in [0.25, 0.3) is 0 Å². The maximum atomic E-state index is 12.7. The van der Waals surface area contributed by atoms with Crippen molar-refractivity contribution in [3.05, 3.63) is 57.8 Å². The Balaban J connectivity index is 1.82. The number of hydrogen-bond donors (Lipinski definition) is 2. The molecule has 3 nitrogen and oxygen atoms in total. The number of fused-ring (bicyclic) bond motifs is 1. The highest BCUT2D eigenvalue weighted by Gasteiger charge is 2.37. The molecule has 0 spiro atoms. The lowest BCUT2D eigenvalue weighted by molar-refractivity contribution is -0.127. The zero-order chi connectivity index (χ0) is 15.0. The molecule has 1 aromatic carbocycles. The molecular weight excluding hydrogens is 282 g/mol. The average Bonchev–Trinajstić information content (AvgIpc) is 3.08. The molecule has 2 atom stereocenters. The number of rotatable bonds is 3. The van der Waals surface area contributed by atoms with Gasteiger partial charge in [0.1, 0.15) is 0 Å². The molecule has 21 heavy (non-hydrogen) atoms. The van der Waals surface area contributed by atoms with E-state index >= 15 is 0 Å². The van der Waals surface area contributed by atoms with Gasteiger partial charge < -0.3 is 10.4 Å². The zero-order valence-corrected chi connectivity index (χ0v) is 13.0. The summed E-state index contributed by atoms with van der Waals surface area (Å²) in [6.45, 7) is 3.84. The van der Waals surface area contributed by atoms with Crippen LogP contribution < -0.4 is 5.32 Å². The van der Waals surface area contributed by atoms with Crippen LogP contribution in [0.2, 0.25) is 0 Å². The minimum absolute atomic E-state index is 0.0503. The van der Waals surface area contributed by atoms with Crippen LogP contribution in [0.1, 0.15) is 35.9 Å². The van der Waals surface area contributed by atoms with Crippen molar-refractivity contribution in [2.75, 3.05) is 0 Å². The summed E-state index contributed by atoms with van der Waals surface area (Å²) in [6.07, 6.45) is 0.0473. The summed E-state index contributed by atoms with van der Waals surface area (Å²) >= 11 is 1.58. The lowest BCUT2D eigenvalue weighted by atomic mass is 9.89. The zero-order valence-electron chi connectivity index (χ0n) is 12.2. The van der Waals surface area contributed by atoms with Crippen molar-refractivity contribution in [2.45, 2.75) is 37.8 Å². The first-order valence-corrected chi connectivity index (χ1v) is 7.99. The van der Waals surface area contributed by atoms with Crippen molar-refractivity contribution >= 4 is 17.2 Å². The number of carbonyl (C=O) groups is 1. The van der Waals surface area contributed by atoms with Crippen molar-refractivity contribution in [1.82, 2.24) is 5.32 Å². The molecule has 4 heteroatoms. The quantitative estimate of drug-likeness (QED) is 0.916. The highest BCUT2D eigenvalue weighted by atomic mass is 32.1. The SMILES string of the molecule is CC(C)(C(=O)N[C@H]1c2ccccc2C[C@H]1O)c1cccs1. The van der Waals surface area contributed by atoms with Gasteiger partial charge in [0.2, 0.25) is 5.91 Å². The molecule has 1 aromatic heterocycles. The third kappa shape index (κ3) is 2.49. The standard InChI is InChI=1S/C17H19NO2S/c1-17(2,14-8-5-9-21-14)16(20)18-15-12-7-4-3-6-11(12)10-13(15)19/h3-9,13,15,19H,10H2,1-2H3,(H,18,20)/t13-,15+/m1/s1. The minimum Gasteiger partial charge on any atom is -0.390 e. The van der Waals surface area contributed by atoms with E-state index < -0.39 is 11.5 Å². The van der Waals surface area contributed by atoms with Gasteiger partial charge in [0.15, 0.2) is 0 Å². The Bertz CT molecular complexity index is 649. The first-order valence-electron chi connectivity index (χ1n) is 7.11. The Morgan fingerprint density at radius 1 is 1.29 bits per heavy atom. The third-order valence-corrected chi connectivity index (χ3v) is 5.39. The maximum Gasteiger partial charge on any atom is 0.231 e. The van der Waals surface area contributed by atoms with Crippen LogP contribution in [0.15, 0.2) is 41.8 Å². The number of benzene rings is 1. The summed E-state index contributed by atoms with van der Waals surface area (Å²) in [5.74, 6) is -0.0503. The smallest absolute Gasteiger partial charge is 0.231 e. The van der Waals surface area contributed by atoms with E-state index in [2.05, 4.69) is 5.32 Å². The van der Waals surface area contributed by atoms with Gasteiger partial charge in [0.05, 0.1) is 17.6 Å². The molecule has 3 rings (SSSR count). The summed E-state index contributed by atoms with van der Waals surface area (Å²) in [5.41, 5.74) is 1.55. The number of hydrogen-bond acceptors (Lipinski definition) is 3. The van der Waals surface area contributed by atoms with Crippen LogP contribution in [0.4, 0.5) is 0 Å². The molecule has 0 radical (unpaired) electrons. The van der Waals surface area contributed by atoms with Gasteiger partial charge in [-0.3, -0.25) is 4.79 Å². The van der Waals surface area contributed by atoms with Crippen LogP contribution in [0.3, 0.4) is 0 Å². The molecule has 0 unspecified atom stereocenters. The fraction of sp³-hybridized carbons (Fsp3) is 0.353. The monoisotopic (exact) mass is 301 g/mol. The summed E-state index contributed by atoms with van der Waals surface area (Å²) < 4.78 is 0. The lowest BCUT2D eigenvalue weighted by Gasteiger charge is -2.26. The van der Waals surface area contributed by atoms with Crippen molar-refractivity contribution in [1.29, 1.82) is 0 Å². The normalized spacial score (nSPS) is 21.1. The number of thiophene rings is 1. The van der Waals surface area contributed by atoms with E-state index in [1.807, 2.05) is 55.6 Å². The molecule has 0 bridgehead atoms. The molecule has 1 heterocycles. The van der Waals surface area contributed by atoms with E-state index in [0.717, 1.165) is 16.0 Å². The Labute approximate surface area is 128 Å². The van der Waals surface area contributed by atoms with Crippen LogP contribution in [0.5, 0.6) is 0 Å².